The van der Waals surface area contributed by atoms with E-state index in [-0.39, 0.29) is 36.9 Å². The van der Waals surface area contributed by atoms with Crippen molar-refractivity contribution in [1.82, 2.24) is 0 Å². The van der Waals surface area contributed by atoms with Gasteiger partial charge in [0.2, 0.25) is 0 Å². The minimum Gasteiger partial charge on any atom is -0.462 e. The molecule has 1 rings (SSSR count). The van der Waals surface area contributed by atoms with Crippen LogP contribution in [0.15, 0.2) is 72.9 Å². The van der Waals surface area contributed by atoms with Crippen molar-refractivity contribution in [1.29, 1.82) is 0 Å². The first-order chi connectivity index (χ1) is 27.5. The van der Waals surface area contributed by atoms with Crippen molar-refractivity contribution in [2.45, 2.75) is 167 Å². The summed E-state index contributed by atoms with van der Waals surface area (Å²) in [5.74, 6) is -1.70. The monoisotopic (exact) mass is 820 g/mol. The van der Waals surface area contributed by atoms with Gasteiger partial charge >= 0.3 is 19.8 Å². The zero-order valence-corrected chi connectivity index (χ0v) is 35.6. The van der Waals surface area contributed by atoms with Crippen molar-refractivity contribution in [3.63, 3.8) is 0 Å². The van der Waals surface area contributed by atoms with Crippen LogP contribution in [0.4, 0.5) is 0 Å². The van der Waals surface area contributed by atoms with Crippen molar-refractivity contribution >= 4 is 25.5 Å². The molecule has 0 aromatic heterocycles. The number of esters is 2. The van der Waals surface area contributed by atoms with E-state index in [9.17, 15) is 29.2 Å². The van der Waals surface area contributed by atoms with E-state index in [2.05, 4.69) is 60.9 Å². The fourth-order valence-electron chi connectivity index (χ4n) is 6.37. The number of ketones is 1. The highest BCUT2D eigenvalue weighted by Crippen LogP contribution is 2.36. The van der Waals surface area contributed by atoms with Crippen LogP contribution in [0.2, 0.25) is 0 Å². The number of hydrogen-bond donors (Lipinski definition) is 4. The van der Waals surface area contributed by atoms with Crippen LogP contribution >= 0.6 is 7.82 Å². The average Bonchev–Trinajstić information content (AvgIpc) is 3.44. The normalized spacial score (nSPS) is 19.1. The molecule has 0 radical (unpaired) electrons. The first kappa shape index (κ1) is 52.1. The minimum absolute atomic E-state index is 0.0360. The Bertz CT molecular complexity index is 1310. The maximum Gasteiger partial charge on any atom is 0.469 e. The van der Waals surface area contributed by atoms with E-state index >= 15 is 0 Å². The lowest BCUT2D eigenvalue weighted by atomic mass is 9.88. The molecule has 1 aliphatic rings. The van der Waals surface area contributed by atoms with E-state index in [0.717, 1.165) is 64.2 Å². The van der Waals surface area contributed by atoms with Crippen molar-refractivity contribution in [2.75, 3.05) is 13.2 Å². The third-order valence-corrected chi connectivity index (χ3v) is 10.1. The number of rotatable bonds is 34. The maximum absolute atomic E-state index is 12.5. The van der Waals surface area contributed by atoms with E-state index in [1.165, 1.54) is 19.3 Å². The molecule has 0 unspecified atom stereocenters. The highest BCUT2D eigenvalue weighted by Gasteiger charge is 2.39. The Balaban J connectivity index is 2.31. The number of phosphoric ester groups is 1. The van der Waals surface area contributed by atoms with Crippen LogP contribution in [0, 0.1) is 11.8 Å². The smallest absolute Gasteiger partial charge is 0.462 e. The van der Waals surface area contributed by atoms with Gasteiger partial charge < -0.3 is 29.5 Å². The Morgan fingerprint density at radius 3 is 1.93 bits per heavy atom. The van der Waals surface area contributed by atoms with Crippen LogP contribution in [0.5, 0.6) is 0 Å². The van der Waals surface area contributed by atoms with E-state index in [0.29, 0.717) is 32.1 Å². The standard InChI is InChI=1S/C45H73O11P/c1-3-5-7-8-9-10-11-12-13-14-15-16-17-18-19-20-21-22-28-32-45(50)56-39(37-55-57(51,52)53)36-54-44(49)31-27-24-23-26-30-40-41(43(48)35-42(40)47)34-33-38(46)29-25-6-4-2/h9-10,12-13,15-16,18-19,21-22,33-34,38-41,43,46,48H,3-8,11,14,17,20,23-32,35-37H2,1-2H3,(H2,51,52,53)/b10-9-,13-12-,16-15-,19-18-,22-21-,34-33+/t38-,39+,40+,41+,43+/m0/s1. The number of hydrogen-bond acceptors (Lipinski definition) is 9. The van der Waals surface area contributed by atoms with Gasteiger partial charge in [-0.15, -0.1) is 0 Å². The molecule has 0 bridgehead atoms. The second kappa shape index (κ2) is 34.0. The number of Topliss-reactive ketones (excluding diaryl/α,β-unsaturated/α-hetero) is 1. The molecule has 1 saturated carbocycles. The summed E-state index contributed by atoms with van der Waals surface area (Å²) in [7, 11) is -4.84. The molecule has 0 aromatic carbocycles. The van der Waals surface area contributed by atoms with E-state index < -0.39 is 51.3 Å². The summed E-state index contributed by atoms with van der Waals surface area (Å²) in [4.78, 5) is 55.6. The molecule has 5 atom stereocenters. The van der Waals surface area contributed by atoms with Crippen molar-refractivity contribution in [3.8, 4) is 0 Å². The van der Waals surface area contributed by atoms with Crippen LogP contribution in [-0.2, 0) is 32.9 Å². The first-order valence-corrected chi connectivity index (χ1v) is 22.9. The Hall–Kier alpha value is -2.92. The number of ether oxygens (including phenoxy) is 2. The Kier molecular flexibility index (Phi) is 31.1. The molecular formula is C45H73O11P. The second-order valence-electron chi connectivity index (χ2n) is 14.7. The third kappa shape index (κ3) is 29.9. The minimum atomic E-state index is -4.84. The van der Waals surface area contributed by atoms with Gasteiger partial charge in [-0.05, 0) is 64.2 Å². The van der Waals surface area contributed by atoms with Crippen LogP contribution in [-0.4, -0.2) is 69.2 Å². The van der Waals surface area contributed by atoms with Gasteiger partial charge in [0.05, 0.1) is 18.8 Å². The SMILES string of the molecule is CCCCC/C=C\C/C=C\C/C=C\C/C=C\C/C=C\CCC(=O)O[C@H](COC(=O)CCCCCC[C@H]1C(=O)C[C@@H](O)[C@@H]1/C=C/[C@@H](O)CCCCC)COP(=O)(O)O. The van der Waals surface area contributed by atoms with Crippen molar-refractivity contribution in [3.05, 3.63) is 72.9 Å². The lowest BCUT2D eigenvalue weighted by Gasteiger charge is -2.18. The molecule has 0 aliphatic heterocycles. The largest absolute Gasteiger partial charge is 0.469 e. The summed E-state index contributed by atoms with van der Waals surface area (Å²) in [5.41, 5.74) is 0. The number of aliphatic hydroxyl groups excluding tert-OH is 2. The Labute approximate surface area is 342 Å². The molecule has 0 amide bonds. The van der Waals surface area contributed by atoms with Crippen LogP contribution in [0.3, 0.4) is 0 Å². The van der Waals surface area contributed by atoms with Crippen molar-refractivity contribution < 1.29 is 52.9 Å². The highest BCUT2D eigenvalue weighted by atomic mass is 31.2. The van der Waals surface area contributed by atoms with Gasteiger partial charge in [0.1, 0.15) is 12.4 Å². The molecule has 0 aromatic rings. The Morgan fingerprint density at radius 1 is 0.737 bits per heavy atom. The fourth-order valence-corrected chi connectivity index (χ4v) is 6.73. The summed E-state index contributed by atoms with van der Waals surface area (Å²) in [5, 5.41) is 20.6. The predicted octanol–water partition coefficient (Wildman–Crippen LogP) is 9.66. The molecule has 1 aliphatic carbocycles. The molecule has 57 heavy (non-hydrogen) atoms. The van der Waals surface area contributed by atoms with Crippen LogP contribution in [0.25, 0.3) is 0 Å². The summed E-state index contributed by atoms with van der Waals surface area (Å²) in [6, 6.07) is 0. The number of carbonyl (C=O) groups excluding carboxylic acids is 3. The van der Waals surface area contributed by atoms with Gasteiger partial charge in [-0.1, -0.05) is 138 Å². The molecule has 12 heteroatoms. The number of unbranched alkanes of at least 4 members (excludes halogenated alkanes) is 8. The Morgan fingerprint density at radius 2 is 1.32 bits per heavy atom. The summed E-state index contributed by atoms with van der Waals surface area (Å²) in [6.45, 7) is 3.28. The van der Waals surface area contributed by atoms with Crippen molar-refractivity contribution in [2.24, 2.45) is 11.8 Å². The number of allylic oxidation sites excluding steroid dienone is 10. The molecular weight excluding hydrogens is 747 g/mol. The summed E-state index contributed by atoms with van der Waals surface area (Å²) < 4.78 is 26.3. The summed E-state index contributed by atoms with van der Waals surface area (Å²) in [6.07, 6.45) is 38.2. The van der Waals surface area contributed by atoms with Crippen LogP contribution < -0.4 is 0 Å². The highest BCUT2D eigenvalue weighted by molar-refractivity contribution is 7.46. The topological polar surface area (TPSA) is 177 Å². The maximum atomic E-state index is 12.5. The van der Waals surface area contributed by atoms with Gasteiger partial charge in [-0.25, -0.2) is 4.57 Å². The second-order valence-corrected chi connectivity index (χ2v) is 16.0. The molecule has 0 saturated heterocycles. The number of phosphoric acid groups is 1. The quantitative estimate of drug-likeness (QED) is 0.0210. The molecule has 0 spiro atoms. The predicted molar refractivity (Wildman–Crippen MR) is 226 cm³/mol. The number of carbonyl (C=O) groups is 3. The molecule has 1 fully saturated rings. The fraction of sp³-hybridized carbons (Fsp3) is 0.667. The van der Waals surface area contributed by atoms with Gasteiger partial charge in [0.25, 0.3) is 0 Å². The summed E-state index contributed by atoms with van der Waals surface area (Å²) >= 11 is 0. The molecule has 11 nitrogen and oxygen atoms in total. The average molecular weight is 821 g/mol. The van der Waals surface area contributed by atoms with Gasteiger partial charge in [-0.2, -0.15) is 0 Å². The first-order valence-electron chi connectivity index (χ1n) is 21.3. The molecule has 0 heterocycles. The third-order valence-electron chi connectivity index (χ3n) is 9.61. The van der Waals surface area contributed by atoms with Gasteiger partial charge in [0.15, 0.2) is 6.10 Å². The lowest BCUT2D eigenvalue weighted by molar-refractivity contribution is -0.161. The van der Waals surface area contributed by atoms with E-state index in [1.54, 1.807) is 12.2 Å². The molecule has 324 valence electrons. The number of aliphatic hydroxyl groups is 2. The zero-order chi connectivity index (χ0) is 42.0. The van der Waals surface area contributed by atoms with E-state index in [4.69, 9.17) is 19.3 Å². The van der Waals surface area contributed by atoms with E-state index in [1.807, 2.05) is 18.2 Å². The lowest BCUT2D eigenvalue weighted by Crippen LogP contribution is -2.29. The molecule has 4 N–H and O–H groups in total. The van der Waals surface area contributed by atoms with Gasteiger partial charge in [0, 0.05) is 31.1 Å². The van der Waals surface area contributed by atoms with Gasteiger partial charge in [-0.3, -0.25) is 18.9 Å². The van der Waals surface area contributed by atoms with Crippen LogP contribution in [0.1, 0.15) is 149 Å². The zero-order valence-electron chi connectivity index (χ0n) is 34.7.